The highest BCUT2D eigenvalue weighted by atomic mass is 35.5. The molecule has 72 valence electrons. The molecule has 0 radical (unpaired) electrons. The number of nitrogens with zero attached hydrogens (tertiary/aromatic N) is 1. The smallest absolute Gasteiger partial charge is 0.231 e. The molecule has 2 N–H and O–H groups in total. The zero-order chi connectivity index (χ0) is 9.71. The molecule has 0 saturated carbocycles. The third kappa shape index (κ3) is 0.964. The average molecular weight is 229 g/mol. The Kier molecular flexibility index (Phi) is 1.54. The summed E-state index contributed by atoms with van der Waals surface area (Å²) in [5, 5.41) is 1.02. The van der Waals surface area contributed by atoms with Gasteiger partial charge in [0, 0.05) is 6.07 Å². The molecule has 0 fully saturated rings. The van der Waals surface area contributed by atoms with E-state index < -0.39 is 0 Å². The Morgan fingerprint density at radius 1 is 1.50 bits per heavy atom. The van der Waals surface area contributed by atoms with Gasteiger partial charge in [0.25, 0.3) is 0 Å². The standard InChI is InChI=1S/C8H5ClN2O2S/c9-3-1-4-6(13-2-12-4)7-5(3)11-8(10)14-7/h1H,2H2,(H2,10,11). The molecule has 6 heteroatoms. The Labute approximate surface area is 88.2 Å². The number of aromatic nitrogens is 1. The van der Waals surface area contributed by atoms with E-state index in [2.05, 4.69) is 4.98 Å². The molecular weight excluding hydrogens is 224 g/mol. The summed E-state index contributed by atoms with van der Waals surface area (Å²) in [6.07, 6.45) is 0. The third-order valence-electron chi connectivity index (χ3n) is 1.98. The lowest BCUT2D eigenvalue weighted by Crippen LogP contribution is -1.92. The molecule has 0 aliphatic carbocycles. The van der Waals surface area contributed by atoms with E-state index >= 15 is 0 Å². The second kappa shape index (κ2) is 2.65. The number of thiazole rings is 1. The van der Waals surface area contributed by atoms with Crippen molar-refractivity contribution in [2.24, 2.45) is 0 Å². The number of rotatable bonds is 0. The molecule has 1 aromatic carbocycles. The van der Waals surface area contributed by atoms with Crippen LogP contribution in [0.4, 0.5) is 5.13 Å². The number of hydrogen-bond acceptors (Lipinski definition) is 5. The van der Waals surface area contributed by atoms with Crippen LogP contribution in [-0.2, 0) is 0 Å². The van der Waals surface area contributed by atoms with Crippen molar-refractivity contribution in [3.05, 3.63) is 11.1 Å². The minimum atomic E-state index is 0.225. The lowest BCUT2D eigenvalue weighted by Gasteiger charge is -1.97. The maximum Gasteiger partial charge on any atom is 0.231 e. The minimum absolute atomic E-state index is 0.225. The average Bonchev–Trinajstić information content (AvgIpc) is 2.69. The van der Waals surface area contributed by atoms with Gasteiger partial charge in [-0.15, -0.1) is 0 Å². The molecule has 0 spiro atoms. The van der Waals surface area contributed by atoms with E-state index in [9.17, 15) is 0 Å². The number of nitrogen functional groups attached to an aromatic ring is 1. The highest BCUT2D eigenvalue weighted by Gasteiger charge is 2.21. The molecule has 0 atom stereocenters. The highest BCUT2D eigenvalue weighted by Crippen LogP contribution is 2.45. The van der Waals surface area contributed by atoms with Crippen LogP contribution in [0.15, 0.2) is 6.07 Å². The summed E-state index contributed by atoms with van der Waals surface area (Å²) < 4.78 is 11.4. The van der Waals surface area contributed by atoms with Crippen LogP contribution in [0, 0.1) is 0 Å². The molecule has 0 unspecified atom stereocenters. The lowest BCUT2D eigenvalue weighted by atomic mass is 10.3. The quantitative estimate of drug-likeness (QED) is 0.752. The molecule has 3 rings (SSSR count). The number of nitrogens with two attached hydrogens (primary N) is 1. The predicted molar refractivity (Wildman–Crippen MR) is 55.2 cm³/mol. The van der Waals surface area contributed by atoms with Crippen LogP contribution in [0.3, 0.4) is 0 Å². The first-order valence-corrected chi connectivity index (χ1v) is 5.09. The Balaban J connectivity index is 2.46. The van der Waals surface area contributed by atoms with Gasteiger partial charge in [-0.3, -0.25) is 0 Å². The van der Waals surface area contributed by atoms with Crippen molar-refractivity contribution in [3.63, 3.8) is 0 Å². The van der Waals surface area contributed by atoms with Crippen molar-refractivity contribution in [1.29, 1.82) is 0 Å². The van der Waals surface area contributed by atoms with Crippen molar-refractivity contribution in [3.8, 4) is 11.5 Å². The van der Waals surface area contributed by atoms with Crippen LogP contribution >= 0.6 is 22.9 Å². The molecular formula is C8H5ClN2O2S. The second-order valence-corrected chi connectivity index (χ2v) is 4.26. The van der Waals surface area contributed by atoms with Gasteiger partial charge in [-0.1, -0.05) is 22.9 Å². The van der Waals surface area contributed by atoms with Gasteiger partial charge in [0.2, 0.25) is 6.79 Å². The topological polar surface area (TPSA) is 57.4 Å². The first-order chi connectivity index (χ1) is 6.75. The van der Waals surface area contributed by atoms with E-state index in [1.165, 1.54) is 11.3 Å². The molecule has 1 aromatic heterocycles. The summed E-state index contributed by atoms with van der Waals surface area (Å²) in [7, 11) is 0. The highest BCUT2D eigenvalue weighted by molar-refractivity contribution is 7.22. The van der Waals surface area contributed by atoms with Gasteiger partial charge in [-0.05, 0) is 0 Å². The van der Waals surface area contributed by atoms with Crippen LogP contribution in [0.1, 0.15) is 0 Å². The van der Waals surface area contributed by atoms with E-state index in [0.717, 1.165) is 4.70 Å². The molecule has 2 aromatic rings. The molecule has 14 heavy (non-hydrogen) atoms. The maximum absolute atomic E-state index is 6.01. The van der Waals surface area contributed by atoms with Gasteiger partial charge in [0.1, 0.15) is 10.2 Å². The monoisotopic (exact) mass is 228 g/mol. The Morgan fingerprint density at radius 3 is 3.21 bits per heavy atom. The molecule has 0 bridgehead atoms. The SMILES string of the molecule is Nc1nc2c(Cl)cc3c(c2s1)OCO3. The fraction of sp³-hybridized carbons (Fsp3) is 0.125. The molecule has 4 nitrogen and oxygen atoms in total. The number of anilines is 1. The van der Waals surface area contributed by atoms with Gasteiger partial charge >= 0.3 is 0 Å². The number of ether oxygens (including phenoxy) is 2. The number of benzene rings is 1. The summed E-state index contributed by atoms with van der Waals surface area (Å²) in [5.41, 5.74) is 6.29. The second-order valence-electron chi connectivity index (χ2n) is 2.82. The van der Waals surface area contributed by atoms with E-state index in [-0.39, 0.29) is 6.79 Å². The van der Waals surface area contributed by atoms with Crippen molar-refractivity contribution in [2.75, 3.05) is 12.5 Å². The molecule has 1 aliphatic heterocycles. The van der Waals surface area contributed by atoms with E-state index in [1.54, 1.807) is 6.07 Å². The fourth-order valence-corrected chi connectivity index (χ4v) is 2.55. The Bertz CT molecular complexity index is 526. The molecule has 1 aliphatic rings. The lowest BCUT2D eigenvalue weighted by molar-refractivity contribution is 0.175. The van der Waals surface area contributed by atoms with Crippen molar-refractivity contribution in [1.82, 2.24) is 4.98 Å². The van der Waals surface area contributed by atoms with Crippen molar-refractivity contribution >= 4 is 38.3 Å². The zero-order valence-electron chi connectivity index (χ0n) is 6.91. The first kappa shape index (κ1) is 8.14. The summed E-state index contributed by atoms with van der Waals surface area (Å²) in [4.78, 5) is 4.12. The Hall–Kier alpha value is -1.20. The molecule has 2 heterocycles. The molecule has 0 amide bonds. The van der Waals surface area contributed by atoms with E-state index in [1.807, 2.05) is 0 Å². The first-order valence-electron chi connectivity index (χ1n) is 3.90. The largest absolute Gasteiger partial charge is 0.453 e. The third-order valence-corrected chi connectivity index (χ3v) is 3.15. The van der Waals surface area contributed by atoms with E-state index in [4.69, 9.17) is 26.8 Å². The van der Waals surface area contributed by atoms with Gasteiger partial charge in [0.15, 0.2) is 16.6 Å². The van der Waals surface area contributed by atoms with Crippen molar-refractivity contribution in [2.45, 2.75) is 0 Å². The van der Waals surface area contributed by atoms with Gasteiger partial charge in [0.05, 0.1) is 5.02 Å². The summed E-state index contributed by atoms with van der Waals surface area (Å²) in [6.45, 7) is 0.225. The van der Waals surface area contributed by atoms with Crippen LogP contribution in [0.25, 0.3) is 10.2 Å². The number of fused-ring (bicyclic) bond motifs is 3. The van der Waals surface area contributed by atoms with Gasteiger partial charge < -0.3 is 15.2 Å². The summed E-state index contributed by atoms with van der Waals surface area (Å²) in [5.74, 6) is 1.35. The van der Waals surface area contributed by atoms with Crippen LogP contribution in [0.2, 0.25) is 5.02 Å². The predicted octanol–water partition coefficient (Wildman–Crippen LogP) is 2.26. The normalized spacial score (nSPS) is 13.8. The Morgan fingerprint density at radius 2 is 2.36 bits per heavy atom. The van der Waals surface area contributed by atoms with Gasteiger partial charge in [-0.2, -0.15) is 0 Å². The van der Waals surface area contributed by atoms with Crippen molar-refractivity contribution < 1.29 is 9.47 Å². The van der Waals surface area contributed by atoms with Crippen LogP contribution < -0.4 is 15.2 Å². The maximum atomic E-state index is 6.01. The zero-order valence-corrected chi connectivity index (χ0v) is 8.48. The van der Waals surface area contributed by atoms with Crippen LogP contribution in [0.5, 0.6) is 11.5 Å². The number of hydrogen-bond donors (Lipinski definition) is 1. The van der Waals surface area contributed by atoms with E-state index in [0.29, 0.717) is 27.2 Å². The minimum Gasteiger partial charge on any atom is -0.453 e. The van der Waals surface area contributed by atoms with Gasteiger partial charge in [-0.25, -0.2) is 4.98 Å². The number of halogens is 1. The van der Waals surface area contributed by atoms with Crippen LogP contribution in [-0.4, -0.2) is 11.8 Å². The summed E-state index contributed by atoms with van der Waals surface area (Å²) >= 11 is 7.36. The summed E-state index contributed by atoms with van der Waals surface area (Å²) in [6, 6.07) is 1.70. The fourth-order valence-electron chi connectivity index (χ4n) is 1.41. The molecule has 0 saturated heterocycles.